The van der Waals surface area contributed by atoms with Gasteiger partial charge in [-0.3, -0.25) is 9.59 Å². The first-order valence-corrected chi connectivity index (χ1v) is 7.80. The van der Waals surface area contributed by atoms with Gasteiger partial charge in [0.25, 0.3) is 5.56 Å². The molecule has 1 aromatic heterocycles. The van der Waals surface area contributed by atoms with Gasteiger partial charge in [-0.15, -0.1) is 0 Å². The van der Waals surface area contributed by atoms with E-state index in [9.17, 15) is 9.59 Å². The second-order valence-corrected chi connectivity index (χ2v) is 6.18. The Balaban J connectivity index is 1.89. The number of aromatic nitrogens is 2. The number of fused-ring (bicyclic) bond motifs is 1. The van der Waals surface area contributed by atoms with E-state index in [1.54, 1.807) is 6.07 Å². The van der Waals surface area contributed by atoms with E-state index < -0.39 is 0 Å². The lowest BCUT2D eigenvalue weighted by molar-refractivity contribution is -0.133. The Labute approximate surface area is 129 Å². The van der Waals surface area contributed by atoms with Crippen LogP contribution in [0.3, 0.4) is 0 Å². The van der Waals surface area contributed by atoms with E-state index in [0.717, 1.165) is 37.0 Å². The van der Waals surface area contributed by atoms with E-state index in [-0.39, 0.29) is 18.0 Å². The summed E-state index contributed by atoms with van der Waals surface area (Å²) in [4.78, 5) is 26.8. The minimum Gasteiger partial charge on any atom is -0.341 e. The highest BCUT2D eigenvalue weighted by atomic mass is 16.2. The zero-order chi connectivity index (χ0) is 15.7. The largest absolute Gasteiger partial charge is 0.341 e. The third kappa shape index (κ3) is 2.75. The summed E-state index contributed by atoms with van der Waals surface area (Å²) in [5.74, 6) is 0.511. The van der Waals surface area contributed by atoms with E-state index in [1.807, 2.05) is 30.0 Å². The average molecular weight is 299 g/mol. The van der Waals surface area contributed by atoms with Crippen molar-refractivity contribution in [2.75, 3.05) is 13.1 Å². The summed E-state index contributed by atoms with van der Waals surface area (Å²) in [7, 11) is 0. The maximum absolute atomic E-state index is 12.5. The second kappa shape index (κ2) is 5.91. The van der Waals surface area contributed by atoms with Crippen molar-refractivity contribution in [1.82, 2.24) is 14.7 Å². The predicted octanol–water partition coefficient (Wildman–Crippen LogP) is 1.96. The van der Waals surface area contributed by atoms with Gasteiger partial charge in [-0.1, -0.05) is 25.1 Å². The second-order valence-electron chi connectivity index (χ2n) is 6.18. The number of nitrogens with zero attached hydrogens (tertiary/aromatic N) is 3. The summed E-state index contributed by atoms with van der Waals surface area (Å²) in [6.07, 6.45) is 2.20. The first-order valence-electron chi connectivity index (χ1n) is 7.80. The van der Waals surface area contributed by atoms with Crippen LogP contribution >= 0.6 is 0 Å². The van der Waals surface area contributed by atoms with Crippen molar-refractivity contribution in [2.45, 2.75) is 33.2 Å². The molecule has 1 saturated heterocycles. The van der Waals surface area contributed by atoms with Crippen LogP contribution in [0.1, 0.15) is 25.5 Å². The Kier molecular flexibility index (Phi) is 3.96. The number of aryl methyl sites for hydroxylation is 1. The molecule has 1 amide bonds. The highest BCUT2D eigenvalue weighted by Gasteiger charge is 2.22. The molecule has 22 heavy (non-hydrogen) atoms. The maximum Gasteiger partial charge on any atom is 0.275 e. The number of hydrogen-bond acceptors (Lipinski definition) is 3. The van der Waals surface area contributed by atoms with Crippen molar-refractivity contribution in [2.24, 2.45) is 5.92 Å². The van der Waals surface area contributed by atoms with E-state index >= 15 is 0 Å². The van der Waals surface area contributed by atoms with E-state index in [1.165, 1.54) is 4.68 Å². The molecule has 1 atom stereocenters. The molecule has 5 nitrogen and oxygen atoms in total. The molecule has 0 unspecified atom stereocenters. The summed E-state index contributed by atoms with van der Waals surface area (Å²) in [6.45, 7) is 5.61. The topological polar surface area (TPSA) is 55.2 Å². The molecule has 2 aromatic rings. The fraction of sp³-hybridized carbons (Fsp3) is 0.471. The first-order chi connectivity index (χ1) is 10.6. The van der Waals surface area contributed by atoms with Gasteiger partial charge in [0.05, 0.1) is 11.1 Å². The highest BCUT2D eigenvalue weighted by molar-refractivity contribution is 5.83. The van der Waals surface area contributed by atoms with Gasteiger partial charge in [0.15, 0.2) is 0 Å². The predicted molar refractivity (Wildman–Crippen MR) is 85.7 cm³/mol. The number of hydrogen-bond donors (Lipinski definition) is 0. The van der Waals surface area contributed by atoms with Crippen LogP contribution < -0.4 is 5.56 Å². The number of amides is 1. The summed E-state index contributed by atoms with van der Waals surface area (Å²) < 4.78 is 1.30. The molecule has 0 saturated carbocycles. The monoisotopic (exact) mass is 299 g/mol. The fourth-order valence-electron chi connectivity index (χ4n) is 3.16. The van der Waals surface area contributed by atoms with Crippen LogP contribution in [0.15, 0.2) is 29.1 Å². The van der Waals surface area contributed by atoms with Crippen LogP contribution in [-0.4, -0.2) is 33.7 Å². The van der Waals surface area contributed by atoms with Gasteiger partial charge in [-0.05, 0) is 31.7 Å². The Morgan fingerprint density at radius 1 is 1.32 bits per heavy atom. The molecule has 0 bridgehead atoms. The maximum atomic E-state index is 12.5. The SMILES string of the molecule is Cc1nn(CC(=O)N2CCC[C@H](C)C2)c(=O)c2ccccc12. The lowest BCUT2D eigenvalue weighted by atomic mass is 10.0. The Morgan fingerprint density at radius 2 is 2.05 bits per heavy atom. The lowest BCUT2D eigenvalue weighted by Gasteiger charge is -2.31. The van der Waals surface area contributed by atoms with Gasteiger partial charge in [-0.25, -0.2) is 4.68 Å². The van der Waals surface area contributed by atoms with Gasteiger partial charge >= 0.3 is 0 Å². The molecule has 1 fully saturated rings. The van der Waals surface area contributed by atoms with Crippen molar-refractivity contribution < 1.29 is 4.79 Å². The number of carbonyl (C=O) groups excluding carboxylic acids is 1. The zero-order valence-electron chi connectivity index (χ0n) is 13.1. The Hall–Kier alpha value is -2.17. The van der Waals surface area contributed by atoms with Crippen LogP contribution in [0.4, 0.5) is 0 Å². The third-order valence-electron chi connectivity index (χ3n) is 4.35. The molecule has 1 aromatic carbocycles. The van der Waals surface area contributed by atoms with E-state index in [4.69, 9.17) is 0 Å². The first kappa shape index (κ1) is 14.8. The van der Waals surface area contributed by atoms with Crippen LogP contribution in [0.25, 0.3) is 10.8 Å². The number of piperidine rings is 1. The van der Waals surface area contributed by atoms with E-state index in [2.05, 4.69) is 12.0 Å². The van der Waals surface area contributed by atoms with Crippen molar-refractivity contribution >= 4 is 16.7 Å². The van der Waals surface area contributed by atoms with Gasteiger partial charge < -0.3 is 4.90 Å². The normalized spacial score (nSPS) is 18.6. The van der Waals surface area contributed by atoms with Crippen LogP contribution in [0, 0.1) is 12.8 Å². The number of rotatable bonds is 2. The van der Waals surface area contributed by atoms with Gasteiger partial charge in [0.2, 0.25) is 5.91 Å². The molecule has 3 rings (SSSR count). The molecule has 0 spiro atoms. The Bertz CT molecular complexity index is 766. The quantitative estimate of drug-likeness (QED) is 0.852. The third-order valence-corrected chi connectivity index (χ3v) is 4.35. The summed E-state index contributed by atoms with van der Waals surface area (Å²) >= 11 is 0. The van der Waals surface area contributed by atoms with Gasteiger partial charge in [-0.2, -0.15) is 5.10 Å². The van der Waals surface area contributed by atoms with E-state index in [0.29, 0.717) is 11.3 Å². The van der Waals surface area contributed by atoms with Crippen LogP contribution in [-0.2, 0) is 11.3 Å². The minimum absolute atomic E-state index is 0.0177. The summed E-state index contributed by atoms with van der Waals surface area (Å²) in [6, 6.07) is 7.40. The zero-order valence-corrected chi connectivity index (χ0v) is 13.1. The fourth-order valence-corrected chi connectivity index (χ4v) is 3.16. The molecule has 0 N–H and O–H groups in total. The van der Waals surface area contributed by atoms with Gasteiger partial charge in [0, 0.05) is 18.5 Å². The average Bonchev–Trinajstić information content (AvgIpc) is 2.52. The minimum atomic E-state index is -0.195. The molecular formula is C17H21N3O2. The smallest absolute Gasteiger partial charge is 0.275 e. The standard InChI is InChI=1S/C17H21N3O2/c1-12-6-5-9-19(10-12)16(21)11-20-17(22)15-8-4-3-7-14(15)13(2)18-20/h3-4,7-8,12H,5-6,9-11H2,1-2H3/t12-/m0/s1. The van der Waals surface area contributed by atoms with Crippen LogP contribution in [0.2, 0.25) is 0 Å². The molecule has 2 heterocycles. The molecule has 116 valence electrons. The lowest BCUT2D eigenvalue weighted by Crippen LogP contribution is -2.42. The summed E-state index contributed by atoms with van der Waals surface area (Å²) in [5.41, 5.74) is 0.578. The molecule has 0 aliphatic carbocycles. The number of carbonyl (C=O) groups is 1. The summed E-state index contributed by atoms with van der Waals surface area (Å²) in [5, 5.41) is 5.78. The molecule has 1 aliphatic rings. The van der Waals surface area contributed by atoms with Crippen molar-refractivity contribution in [3.05, 3.63) is 40.3 Å². The highest BCUT2D eigenvalue weighted by Crippen LogP contribution is 2.16. The van der Waals surface area contributed by atoms with Crippen molar-refractivity contribution in [3.63, 3.8) is 0 Å². The van der Waals surface area contributed by atoms with Crippen molar-refractivity contribution in [1.29, 1.82) is 0 Å². The number of benzene rings is 1. The molecule has 1 aliphatic heterocycles. The van der Waals surface area contributed by atoms with Crippen molar-refractivity contribution in [3.8, 4) is 0 Å². The molecule has 5 heteroatoms. The number of likely N-dealkylation sites (tertiary alicyclic amines) is 1. The van der Waals surface area contributed by atoms with Gasteiger partial charge in [0.1, 0.15) is 6.54 Å². The molecular weight excluding hydrogens is 278 g/mol. The van der Waals surface area contributed by atoms with Crippen LogP contribution in [0.5, 0.6) is 0 Å². The molecule has 0 radical (unpaired) electrons. The Morgan fingerprint density at radius 3 is 2.77 bits per heavy atom.